The van der Waals surface area contributed by atoms with Crippen LogP contribution in [0.15, 0.2) is 41.0 Å². The zero-order chi connectivity index (χ0) is 28.6. The number of nitrogen functional groups attached to an aromatic ring is 2. The molecule has 2 atom stereocenters. The number of hydrogen-bond donors (Lipinski definition) is 3. The molecule has 4 heterocycles. The summed E-state index contributed by atoms with van der Waals surface area (Å²) in [5.41, 5.74) is 9.41. The second kappa shape index (κ2) is 12.3. The van der Waals surface area contributed by atoms with E-state index in [0.717, 1.165) is 30.1 Å². The molecule has 2 aliphatic rings. The Hall–Kier alpha value is -2.89. The first-order valence-corrected chi connectivity index (χ1v) is 13.4. The van der Waals surface area contributed by atoms with Crippen LogP contribution in [0.5, 0.6) is 0 Å². The number of rotatable bonds is 9. The first-order valence-electron chi connectivity index (χ1n) is 11.1. The number of carboxylic acid groups (broad SMARTS) is 2. The molecular formula is C22H21ClN7NaO7S2. The summed E-state index contributed by atoms with van der Waals surface area (Å²) in [6.07, 6.45) is 3.35. The van der Waals surface area contributed by atoms with E-state index < -0.39 is 46.5 Å². The zero-order valence-corrected chi connectivity index (χ0v) is 25.8. The number of pyridine rings is 1. The molecule has 18 heteroatoms. The van der Waals surface area contributed by atoms with Gasteiger partial charge >= 0.3 is 29.6 Å². The van der Waals surface area contributed by atoms with Gasteiger partial charge in [-0.3, -0.25) is 14.5 Å². The molecule has 2 aliphatic heterocycles. The fraction of sp³-hybridized carbons (Fsp3) is 0.318. The number of aromatic nitrogens is 2. The third-order valence-corrected chi connectivity index (χ3v) is 8.14. The third kappa shape index (κ3) is 6.37. The van der Waals surface area contributed by atoms with Crippen molar-refractivity contribution in [3.8, 4) is 0 Å². The van der Waals surface area contributed by atoms with Gasteiger partial charge in [0, 0.05) is 29.1 Å². The number of β-lactam (4-membered cyclic amide) rings is 1. The van der Waals surface area contributed by atoms with Crippen LogP contribution in [0.25, 0.3) is 0 Å². The van der Waals surface area contributed by atoms with Gasteiger partial charge in [0.1, 0.15) is 21.4 Å². The van der Waals surface area contributed by atoms with Gasteiger partial charge < -0.3 is 41.4 Å². The summed E-state index contributed by atoms with van der Waals surface area (Å²) in [6.45, 7) is 2.48. The molecule has 2 amide bonds. The van der Waals surface area contributed by atoms with Gasteiger partial charge in [-0.25, -0.2) is 9.55 Å². The number of nitrogens with zero attached hydrogens (tertiary/aromatic N) is 4. The molecule has 2 aromatic rings. The number of thiazole rings is 1. The van der Waals surface area contributed by atoms with Crippen LogP contribution in [-0.4, -0.2) is 62.1 Å². The molecular weight excluding hydrogens is 597 g/mol. The van der Waals surface area contributed by atoms with Crippen LogP contribution in [-0.2, 0) is 30.6 Å². The fourth-order valence-electron chi connectivity index (χ4n) is 3.65. The van der Waals surface area contributed by atoms with E-state index in [-0.39, 0.29) is 62.7 Å². The second-order valence-electron chi connectivity index (χ2n) is 8.91. The summed E-state index contributed by atoms with van der Waals surface area (Å²) in [5.74, 6) is -4.57. The smallest absolute Gasteiger partial charge is 0.546 e. The van der Waals surface area contributed by atoms with E-state index in [9.17, 15) is 29.4 Å². The molecule has 4 rings (SSSR count). The number of nitrogens with one attached hydrogen (secondary N) is 1. The van der Waals surface area contributed by atoms with Crippen LogP contribution in [0.4, 0.5) is 10.8 Å². The Bertz CT molecular complexity index is 1430. The maximum Gasteiger partial charge on any atom is 1.00 e. The number of carbonyl (C=O) groups excluding carboxylic acids is 4. The second-order valence-corrected chi connectivity index (χ2v) is 11.6. The molecule has 0 spiro atoms. The van der Waals surface area contributed by atoms with Gasteiger partial charge in [-0.05, 0) is 13.8 Å². The van der Waals surface area contributed by atoms with E-state index in [1.807, 2.05) is 0 Å². The Morgan fingerprint density at radius 2 is 1.95 bits per heavy atom. The number of fused-ring (bicyclic) bond motifs is 1. The largest absolute Gasteiger partial charge is 1.00 e. The topological polar surface area (TPSA) is 220 Å². The maximum atomic E-state index is 13.2. The summed E-state index contributed by atoms with van der Waals surface area (Å²) >= 11 is 8.21. The number of nitrogens with two attached hydrogens (primary N) is 2. The molecule has 206 valence electrons. The van der Waals surface area contributed by atoms with Crippen molar-refractivity contribution < 1.29 is 68.4 Å². The first-order chi connectivity index (χ1) is 18.3. The molecule has 14 nitrogen and oxygen atoms in total. The maximum absolute atomic E-state index is 13.2. The molecule has 0 saturated carbocycles. The monoisotopic (exact) mass is 617 g/mol. The molecule has 5 N–H and O–H groups in total. The summed E-state index contributed by atoms with van der Waals surface area (Å²) in [4.78, 5) is 59.6. The number of amides is 2. The van der Waals surface area contributed by atoms with Crippen molar-refractivity contribution >= 4 is 75.0 Å². The molecule has 40 heavy (non-hydrogen) atoms. The van der Waals surface area contributed by atoms with Crippen molar-refractivity contribution in [1.82, 2.24) is 15.2 Å². The first kappa shape index (κ1) is 31.6. The quantitative estimate of drug-likeness (QED) is 0.0792. The zero-order valence-electron chi connectivity index (χ0n) is 21.4. The van der Waals surface area contributed by atoms with Crippen molar-refractivity contribution in [2.24, 2.45) is 5.16 Å². The van der Waals surface area contributed by atoms with Gasteiger partial charge in [-0.1, -0.05) is 28.1 Å². The normalized spacial score (nSPS) is 18.8. The van der Waals surface area contributed by atoms with Crippen LogP contribution < -0.4 is 61.1 Å². The summed E-state index contributed by atoms with van der Waals surface area (Å²) in [7, 11) is 0. The Morgan fingerprint density at radius 1 is 1.30 bits per heavy atom. The van der Waals surface area contributed by atoms with Crippen molar-refractivity contribution in [3.63, 3.8) is 0 Å². The number of hydrogen-bond acceptors (Lipinski definition) is 13. The van der Waals surface area contributed by atoms with Gasteiger partial charge in [0.25, 0.3) is 11.8 Å². The van der Waals surface area contributed by atoms with E-state index in [4.69, 9.17) is 27.9 Å². The predicted molar refractivity (Wildman–Crippen MR) is 136 cm³/mol. The van der Waals surface area contributed by atoms with E-state index in [1.54, 1.807) is 29.1 Å². The predicted octanol–water partition coefficient (Wildman–Crippen LogP) is -5.39. The summed E-state index contributed by atoms with van der Waals surface area (Å²) in [6, 6.07) is 2.16. The van der Waals surface area contributed by atoms with Crippen LogP contribution in [0, 0.1) is 0 Å². The number of carbonyl (C=O) groups is 4. The number of aliphatic carboxylic acids is 2. The summed E-state index contributed by atoms with van der Waals surface area (Å²) in [5, 5.41) is 28.7. The number of thioether (sulfide) groups is 1. The summed E-state index contributed by atoms with van der Waals surface area (Å²) < 4.78 is 1.68. The molecule has 1 fully saturated rings. The molecule has 0 bridgehead atoms. The standard InChI is InChI=1S/C22H22ClN7O7S2.Na/c1-22(2,20(35)36)37-28-12(11-15(23)39-21(25)27-11)16(31)26-13-17(32)30-14(19(33)34)9(8-38-18(13)30)7-29-5-3-10(24)4-6-29;/h3-6,13,18,24H,7-8H2,1-2H3,(H5,25,26,27,31,33,34,35,36);/q;+1/p-1/b28-12-;. The molecule has 2 unspecified atom stereocenters. The Morgan fingerprint density at radius 3 is 2.50 bits per heavy atom. The SMILES string of the molecule is CC(C)(O/N=C(\C(=O)NC1C(=O)N2C(C(=O)[O-])=C(C[n+]3ccc(N)cc3)CSC12)c1nc(N)sc1Cl)C(=O)[O-].[Na+]. The van der Waals surface area contributed by atoms with Gasteiger partial charge in [0.2, 0.25) is 0 Å². The Balaban J connectivity index is 0.00000441. The number of halogens is 1. The minimum Gasteiger partial charge on any atom is -0.546 e. The minimum atomic E-state index is -1.92. The van der Waals surface area contributed by atoms with Gasteiger partial charge in [-0.2, -0.15) is 0 Å². The van der Waals surface area contributed by atoms with Crippen LogP contribution >= 0.6 is 34.7 Å². The number of carboxylic acids is 2. The average molecular weight is 618 g/mol. The van der Waals surface area contributed by atoms with Crippen LogP contribution in [0.1, 0.15) is 19.5 Å². The number of oxime groups is 1. The van der Waals surface area contributed by atoms with E-state index in [1.165, 1.54) is 11.8 Å². The Kier molecular flexibility index (Phi) is 9.74. The minimum absolute atomic E-state index is 0. The fourth-order valence-corrected chi connectivity index (χ4v) is 5.91. The van der Waals surface area contributed by atoms with E-state index in [0.29, 0.717) is 11.3 Å². The molecule has 1 saturated heterocycles. The van der Waals surface area contributed by atoms with Gasteiger partial charge in [0.05, 0.1) is 17.6 Å². The van der Waals surface area contributed by atoms with Crippen LogP contribution in [0.2, 0.25) is 4.34 Å². The van der Waals surface area contributed by atoms with Gasteiger partial charge in [-0.15, -0.1) is 11.8 Å². The molecule has 2 aromatic heterocycles. The molecule has 0 aromatic carbocycles. The van der Waals surface area contributed by atoms with Crippen LogP contribution in [0.3, 0.4) is 0 Å². The Labute approximate surface area is 262 Å². The van der Waals surface area contributed by atoms with Crippen molar-refractivity contribution in [3.05, 3.63) is 45.8 Å². The van der Waals surface area contributed by atoms with Crippen molar-refractivity contribution in [2.75, 3.05) is 17.2 Å². The van der Waals surface area contributed by atoms with Crippen molar-refractivity contribution in [2.45, 2.75) is 37.4 Å². The molecule has 0 aliphatic carbocycles. The third-order valence-electron chi connectivity index (χ3n) is 5.72. The van der Waals surface area contributed by atoms with E-state index in [2.05, 4.69) is 15.5 Å². The number of anilines is 2. The van der Waals surface area contributed by atoms with E-state index >= 15 is 0 Å². The average Bonchev–Trinajstić information content (AvgIpc) is 3.20. The van der Waals surface area contributed by atoms with Gasteiger partial charge in [0.15, 0.2) is 35.4 Å². The molecule has 0 radical (unpaired) electrons. The van der Waals surface area contributed by atoms with Crippen molar-refractivity contribution in [1.29, 1.82) is 0 Å².